The first-order chi connectivity index (χ1) is 7.15. The van der Waals surface area contributed by atoms with E-state index in [0.29, 0.717) is 5.56 Å². The zero-order chi connectivity index (χ0) is 10.8. The molecule has 4 nitrogen and oxygen atoms in total. The monoisotopic (exact) mass is 206 g/mol. The van der Waals surface area contributed by atoms with Gasteiger partial charge < -0.3 is 10.1 Å². The molecular formula is C10H7FN2O2. The van der Waals surface area contributed by atoms with Crippen LogP contribution < -0.4 is 5.56 Å². The summed E-state index contributed by atoms with van der Waals surface area (Å²) in [6, 6.07) is 6.39. The second kappa shape index (κ2) is 3.53. The number of aromatic amines is 1. The fraction of sp³-hybridized carbons (Fsp3) is 0. The lowest BCUT2D eigenvalue weighted by Crippen LogP contribution is -2.06. The molecule has 0 atom stereocenters. The molecule has 1 aromatic heterocycles. The molecular weight excluding hydrogens is 199 g/mol. The van der Waals surface area contributed by atoms with Crippen LogP contribution in [0.5, 0.6) is 5.88 Å². The van der Waals surface area contributed by atoms with Gasteiger partial charge >= 0.3 is 0 Å². The molecule has 0 aliphatic carbocycles. The Hall–Kier alpha value is -2.17. The summed E-state index contributed by atoms with van der Waals surface area (Å²) in [4.78, 5) is 17.2. The van der Waals surface area contributed by atoms with Crippen molar-refractivity contribution in [2.75, 3.05) is 0 Å². The fourth-order valence-electron chi connectivity index (χ4n) is 1.19. The highest BCUT2D eigenvalue weighted by Crippen LogP contribution is 2.15. The second-order valence-electron chi connectivity index (χ2n) is 2.96. The predicted molar refractivity (Wildman–Crippen MR) is 51.9 cm³/mol. The van der Waals surface area contributed by atoms with E-state index in [2.05, 4.69) is 9.97 Å². The summed E-state index contributed by atoms with van der Waals surface area (Å²) in [5.41, 5.74) is 0.0752. The smallest absolute Gasteiger partial charge is 0.254 e. The largest absolute Gasteiger partial charge is 0.493 e. The van der Waals surface area contributed by atoms with Gasteiger partial charge in [-0.1, -0.05) is 0 Å². The van der Waals surface area contributed by atoms with Crippen LogP contribution in [0.3, 0.4) is 0 Å². The zero-order valence-electron chi connectivity index (χ0n) is 7.57. The number of halogens is 1. The van der Waals surface area contributed by atoms with E-state index >= 15 is 0 Å². The topological polar surface area (TPSA) is 66.0 Å². The van der Waals surface area contributed by atoms with E-state index in [1.54, 1.807) is 0 Å². The third kappa shape index (κ3) is 2.01. The Labute approximate surface area is 84.0 Å². The van der Waals surface area contributed by atoms with Crippen LogP contribution in [0, 0.1) is 5.82 Å². The van der Waals surface area contributed by atoms with E-state index in [4.69, 9.17) is 5.11 Å². The van der Waals surface area contributed by atoms with Crippen LogP contribution in [0.25, 0.3) is 11.4 Å². The number of aromatic hydroxyl groups is 1. The average molecular weight is 206 g/mol. The van der Waals surface area contributed by atoms with Crippen molar-refractivity contribution in [2.45, 2.75) is 0 Å². The van der Waals surface area contributed by atoms with Crippen LogP contribution in [0.1, 0.15) is 0 Å². The van der Waals surface area contributed by atoms with Crippen LogP contribution in [0.15, 0.2) is 35.1 Å². The minimum absolute atomic E-state index is 0.208. The molecule has 2 N–H and O–H groups in total. The Balaban J connectivity index is 2.54. The molecule has 1 heterocycles. The van der Waals surface area contributed by atoms with Crippen LogP contribution >= 0.6 is 0 Å². The molecule has 0 saturated carbocycles. The van der Waals surface area contributed by atoms with Crippen molar-refractivity contribution < 1.29 is 9.50 Å². The van der Waals surface area contributed by atoms with Crippen molar-refractivity contribution in [1.29, 1.82) is 0 Å². The third-order valence-corrected chi connectivity index (χ3v) is 1.85. The van der Waals surface area contributed by atoms with Crippen molar-refractivity contribution in [1.82, 2.24) is 9.97 Å². The SMILES string of the molecule is O=c1cc(O)nc(-c2ccc(F)cc2)[nH]1. The lowest BCUT2D eigenvalue weighted by Gasteiger charge is -2.00. The third-order valence-electron chi connectivity index (χ3n) is 1.85. The van der Waals surface area contributed by atoms with Gasteiger partial charge in [0.2, 0.25) is 5.88 Å². The molecule has 0 fully saturated rings. The summed E-state index contributed by atoms with van der Waals surface area (Å²) in [5.74, 6) is -0.528. The van der Waals surface area contributed by atoms with E-state index in [-0.39, 0.29) is 17.5 Å². The molecule has 15 heavy (non-hydrogen) atoms. The van der Waals surface area contributed by atoms with Crippen molar-refractivity contribution >= 4 is 0 Å². The van der Waals surface area contributed by atoms with Gasteiger partial charge in [-0.05, 0) is 24.3 Å². The Morgan fingerprint density at radius 1 is 1.27 bits per heavy atom. The number of nitrogens with zero attached hydrogens (tertiary/aromatic N) is 1. The molecule has 0 bridgehead atoms. The maximum atomic E-state index is 12.6. The summed E-state index contributed by atoms with van der Waals surface area (Å²) < 4.78 is 12.6. The molecule has 0 spiro atoms. The second-order valence-corrected chi connectivity index (χ2v) is 2.96. The van der Waals surface area contributed by atoms with Gasteiger partial charge in [0.15, 0.2) is 0 Å². The lowest BCUT2D eigenvalue weighted by molar-refractivity contribution is 0.452. The van der Waals surface area contributed by atoms with E-state index in [0.717, 1.165) is 6.07 Å². The van der Waals surface area contributed by atoms with Gasteiger partial charge in [0.05, 0.1) is 6.07 Å². The summed E-state index contributed by atoms with van der Waals surface area (Å²) in [6.45, 7) is 0. The maximum absolute atomic E-state index is 12.6. The highest BCUT2D eigenvalue weighted by atomic mass is 19.1. The quantitative estimate of drug-likeness (QED) is 0.738. The Morgan fingerprint density at radius 2 is 1.93 bits per heavy atom. The molecule has 0 unspecified atom stereocenters. The molecule has 0 amide bonds. The van der Waals surface area contributed by atoms with Gasteiger partial charge in [-0.2, -0.15) is 4.98 Å². The molecule has 1 aromatic carbocycles. The zero-order valence-corrected chi connectivity index (χ0v) is 7.57. The number of nitrogens with one attached hydrogen (secondary N) is 1. The average Bonchev–Trinajstić information content (AvgIpc) is 2.17. The highest BCUT2D eigenvalue weighted by Gasteiger charge is 2.02. The summed E-state index contributed by atoms with van der Waals surface area (Å²) in [7, 11) is 0. The van der Waals surface area contributed by atoms with Gasteiger partial charge in [0.1, 0.15) is 11.6 Å². The first kappa shape index (κ1) is 9.39. The Morgan fingerprint density at radius 3 is 2.53 bits per heavy atom. The highest BCUT2D eigenvalue weighted by molar-refractivity contribution is 5.54. The lowest BCUT2D eigenvalue weighted by atomic mass is 10.2. The minimum atomic E-state index is -0.457. The molecule has 0 saturated heterocycles. The van der Waals surface area contributed by atoms with Crippen molar-refractivity contribution in [2.24, 2.45) is 0 Å². The number of aromatic nitrogens is 2. The Kier molecular flexibility index (Phi) is 2.21. The van der Waals surface area contributed by atoms with Crippen LogP contribution in [0.2, 0.25) is 0 Å². The summed E-state index contributed by atoms with van der Waals surface area (Å²) in [6.07, 6.45) is 0. The Bertz CT molecular complexity index is 534. The van der Waals surface area contributed by atoms with Gasteiger partial charge in [-0.3, -0.25) is 4.79 Å². The van der Waals surface area contributed by atoms with Crippen LogP contribution in [-0.4, -0.2) is 15.1 Å². The van der Waals surface area contributed by atoms with E-state index < -0.39 is 5.56 Å². The van der Waals surface area contributed by atoms with Gasteiger partial charge in [0, 0.05) is 5.56 Å². The first-order valence-electron chi connectivity index (χ1n) is 4.21. The van der Waals surface area contributed by atoms with E-state index in [9.17, 15) is 9.18 Å². The number of H-pyrrole nitrogens is 1. The van der Waals surface area contributed by atoms with Crippen molar-refractivity contribution in [3.05, 3.63) is 46.5 Å². The van der Waals surface area contributed by atoms with Crippen molar-refractivity contribution in [3.63, 3.8) is 0 Å². The van der Waals surface area contributed by atoms with E-state index in [1.165, 1.54) is 24.3 Å². The molecule has 76 valence electrons. The van der Waals surface area contributed by atoms with Crippen LogP contribution in [0.4, 0.5) is 4.39 Å². The number of hydrogen-bond acceptors (Lipinski definition) is 3. The maximum Gasteiger partial charge on any atom is 0.254 e. The van der Waals surface area contributed by atoms with Gasteiger partial charge in [-0.25, -0.2) is 4.39 Å². The molecule has 5 heteroatoms. The summed E-state index contributed by atoms with van der Waals surface area (Å²) in [5, 5.41) is 9.10. The predicted octanol–water partition coefficient (Wildman–Crippen LogP) is 1.28. The minimum Gasteiger partial charge on any atom is -0.493 e. The number of benzene rings is 1. The number of rotatable bonds is 1. The normalized spacial score (nSPS) is 10.2. The standard InChI is InChI=1S/C10H7FN2O2/c11-7-3-1-6(2-4-7)10-12-8(14)5-9(15)13-10/h1-5H,(H2,12,13,14,15). The number of hydrogen-bond donors (Lipinski definition) is 2. The fourth-order valence-corrected chi connectivity index (χ4v) is 1.19. The molecule has 2 aromatic rings. The van der Waals surface area contributed by atoms with Gasteiger partial charge in [0.25, 0.3) is 5.56 Å². The van der Waals surface area contributed by atoms with Gasteiger partial charge in [-0.15, -0.1) is 0 Å². The molecule has 0 aliphatic heterocycles. The van der Waals surface area contributed by atoms with E-state index in [1.807, 2.05) is 0 Å². The van der Waals surface area contributed by atoms with Crippen molar-refractivity contribution in [3.8, 4) is 17.3 Å². The first-order valence-corrected chi connectivity index (χ1v) is 4.21. The molecule has 0 aliphatic rings. The summed E-state index contributed by atoms with van der Waals surface area (Å²) >= 11 is 0. The molecule has 0 radical (unpaired) electrons. The van der Waals surface area contributed by atoms with Crippen LogP contribution in [-0.2, 0) is 0 Å². The molecule has 2 rings (SSSR count).